The molecule has 0 radical (unpaired) electrons. The maximum absolute atomic E-state index is 12.6. The molecule has 6 nitrogen and oxygen atoms in total. The van der Waals surface area contributed by atoms with E-state index >= 15 is 0 Å². The van der Waals surface area contributed by atoms with E-state index in [4.69, 9.17) is 4.74 Å². The lowest BCUT2D eigenvalue weighted by molar-refractivity contribution is -0.134. The van der Waals surface area contributed by atoms with Crippen molar-refractivity contribution >= 4 is 35.8 Å². The SMILES string of the molecule is CCOc1cccc(CCNC(=NC)NC2CCN(C(=O)C3CCCC3)C2)c1.I. The minimum atomic E-state index is 0. The maximum atomic E-state index is 12.6. The largest absolute Gasteiger partial charge is 0.494 e. The fourth-order valence-corrected chi connectivity index (χ4v) is 4.18. The summed E-state index contributed by atoms with van der Waals surface area (Å²) in [6.07, 6.45) is 6.43. The van der Waals surface area contributed by atoms with Crippen LogP contribution in [-0.2, 0) is 11.2 Å². The quantitative estimate of drug-likeness (QED) is 0.333. The van der Waals surface area contributed by atoms with Gasteiger partial charge in [0.15, 0.2) is 5.96 Å². The molecule has 1 atom stereocenters. The van der Waals surface area contributed by atoms with E-state index in [-0.39, 0.29) is 35.9 Å². The van der Waals surface area contributed by atoms with Gasteiger partial charge in [-0.25, -0.2) is 0 Å². The predicted octanol–water partition coefficient (Wildman–Crippen LogP) is 3.20. The van der Waals surface area contributed by atoms with Crippen molar-refractivity contribution in [1.29, 1.82) is 0 Å². The van der Waals surface area contributed by atoms with Crippen molar-refractivity contribution in [1.82, 2.24) is 15.5 Å². The van der Waals surface area contributed by atoms with Crippen LogP contribution in [0.1, 0.15) is 44.6 Å². The highest BCUT2D eigenvalue weighted by Gasteiger charge is 2.32. The Morgan fingerprint density at radius 2 is 2.07 bits per heavy atom. The second kappa shape index (κ2) is 12.2. The van der Waals surface area contributed by atoms with Crippen LogP contribution >= 0.6 is 24.0 Å². The molecular weight excluding hydrogens is 479 g/mol. The Balaban J connectivity index is 0.00000300. The molecule has 1 aromatic rings. The zero-order chi connectivity index (χ0) is 19.8. The molecule has 162 valence electrons. The Kier molecular flexibility index (Phi) is 10.0. The van der Waals surface area contributed by atoms with Gasteiger partial charge in [-0.1, -0.05) is 25.0 Å². The first-order valence-electron chi connectivity index (χ1n) is 10.7. The predicted molar refractivity (Wildman–Crippen MR) is 128 cm³/mol. The highest BCUT2D eigenvalue weighted by atomic mass is 127. The third-order valence-electron chi connectivity index (χ3n) is 5.68. The van der Waals surface area contributed by atoms with Crippen molar-refractivity contribution in [3.63, 3.8) is 0 Å². The molecule has 3 rings (SSSR count). The molecule has 1 heterocycles. The number of hydrogen-bond acceptors (Lipinski definition) is 3. The van der Waals surface area contributed by atoms with Crippen molar-refractivity contribution in [2.75, 3.05) is 33.3 Å². The molecule has 1 aliphatic carbocycles. The third-order valence-corrected chi connectivity index (χ3v) is 5.68. The number of rotatable bonds is 7. The highest BCUT2D eigenvalue weighted by Crippen LogP contribution is 2.27. The smallest absolute Gasteiger partial charge is 0.225 e. The molecule has 1 aromatic carbocycles. The number of benzene rings is 1. The van der Waals surface area contributed by atoms with Gasteiger partial charge in [0.1, 0.15) is 5.75 Å². The van der Waals surface area contributed by atoms with Crippen LogP contribution in [0.15, 0.2) is 29.3 Å². The number of hydrogen-bond donors (Lipinski definition) is 2. The van der Waals surface area contributed by atoms with E-state index in [2.05, 4.69) is 27.8 Å². The monoisotopic (exact) mass is 514 g/mol. The van der Waals surface area contributed by atoms with E-state index in [1.165, 1.54) is 18.4 Å². The van der Waals surface area contributed by atoms with Crippen molar-refractivity contribution < 1.29 is 9.53 Å². The summed E-state index contributed by atoms with van der Waals surface area (Å²) in [5.41, 5.74) is 1.24. The van der Waals surface area contributed by atoms with Gasteiger partial charge in [-0.3, -0.25) is 9.79 Å². The summed E-state index contributed by atoms with van der Waals surface area (Å²) in [7, 11) is 1.79. The first-order chi connectivity index (χ1) is 13.7. The standard InChI is InChI=1S/C22H34N4O2.HI/c1-3-28-20-10-6-7-17(15-20)11-13-24-22(23-2)25-19-12-14-26(16-19)21(27)18-8-4-5-9-18;/h6-7,10,15,18-19H,3-5,8-9,11-14,16H2,1-2H3,(H2,23,24,25);1H. The highest BCUT2D eigenvalue weighted by molar-refractivity contribution is 14.0. The number of nitrogens with zero attached hydrogens (tertiary/aromatic N) is 2. The summed E-state index contributed by atoms with van der Waals surface area (Å²) in [5, 5.41) is 6.87. The van der Waals surface area contributed by atoms with Gasteiger partial charge in [0.05, 0.1) is 6.61 Å². The van der Waals surface area contributed by atoms with E-state index in [9.17, 15) is 4.79 Å². The summed E-state index contributed by atoms with van der Waals surface area (Å²) in [6, 6.07) is 8.49. The number of carbonyl (C=O) groups is 1. The van der Waals surface area contributed by atoms with Crippen LogP contribution in [0.5, 0.6) is 5.75 Å². The molecule has 7 heteroatoms. The van der Waals surface area contributed by atoms with Crippen molar-refractivity contribution in [2.45, 2.75) is 51.5 Å². The van der Waals surface area contributed by atoms with Crippen molar-refractivity contribution in [2.24, 2.45) is 10.9 Å². The number of likely N-dealkylation sites (tertiary alicyclic amines) is 1. The summed E-state index contributed by atoms with van der Waals surface area (Å²) < 4.78 is 5.56. The van der Waals surface area contributed by atoms with Gasteiger partial charge in [0.25, 0.3) is 0 Å². The molecule has 2 N–H and O–H groups in total. The fraction of sp³-hybridized carbons (Fsp3) is 0.636. The molecule has 1 unspecified atom stereocenters. The molecule has 1 saturated carbocycles. The Morgan fingerprint density at radius 3 is 2.79 bits per heavy atom. The van der Waals surface area contributed by atoms with Crippen LogP contribution < -0.4 is 15.4 Å². The average molecular weight is 514 g/mol. The molecule has 0 spiro atoms. The molecule has 0 bridgehead atoms. The van der Waals surface area contributed by atoms with Gasteiger partial charge in [-0.2, -0.15) is 0 Å². The van der Waals surface area contributed by atoms with Gasteiger partial charge >= 0.3 is 0 Å². The number of aliphatic imine (C=N–C) groups is 1. The topological polar surface area (TPSA) is 66.0 Å². The lowest BCUT2D eigenvalue weighted by Gasteiger charge is -2.21. The zero-order valence-corrected chi connectivity index (χ0v) is 20.0. The van der Waals surface area contributed by atoms with Gasteiger partial charge in [0.2, 0.25) is 5.91 Å². The van der Waals surface area contributed by atoms with Crippen LogP contribution in [-0.4, -0.2) is 56.1 Å². The van der Waals surface area contributed by atoms with Gasteiger partial charge in [-0.05, 0) is 50.3 Å². The van der Waals surface area contributed by atoms with Crippen LogP contribution in [0, 0.1) is 5.92 Å². The van der Waals surface area contributed by atoms with E-state index in [0.29, 0.717) is 12.5 Å². The van der Waals surface area contributed by atoms with E-state index < -0.39 is 0 Å². The van der Waals surface area contributed by atoms with Crippen molar-refractivity contribution in [3.8, 4) is 5.75 Å². The van der Waals surface area contributed by atoms with Crippen molar-refractivity contribution in [3.05, 3.63) is 29.8 Å². The van der Waals surface area contributed by atoms with E-state index in [0.717, 1.165) is 57.0 Å². The molecule has 2 fully saturated rings. The normalized spacial score (nSPS) is 19.7. The van der Waals surface area contributed by atoms with Gasteiger partial charge in [0, 0.05) is 38.6 Å². The molecule has 0 aromatic heterocycles. The summed E-state index contributed by atoms with van der Waals surface area (Å²) in [4.78, 5) is 19.0. The summed E-state index contributed by atoms with van der Waals surface area (Å²) >= 11 is 0. The van der Waals surface area contributed by atoms with Crippen LogP contribution in [0.3, 0.4) is 0 Å². The minimum Gasteiger partial charge on any atom is -0.494 e. The number of guanidine groups is 1. The second-order valence-corrected chi connectivity index (χ2v) is 7.72. The Bertz CT molecular complexity index is 677. The Hall–Kier alpha value is -1.51. The molecular formula is C22H35IN4O2. The molecule has 1 saturated heterocycles. The molecule has 29 heavy (non-hydrogen) atoms. The zero-order valence-electron chi connectivity index (χ0n) is 17.7. The molecule has 2 aliphatic rings. The van der Waals surface area contributed by atoms with E-state index in [1.807, 2.05) is 24.0 Å². The Morgan fingerprint density at radius 1 is 1.28 bits per heavy atom. The lowest BCUT2D eigenvalue weighted by Crippen LogP contribution is -2.45. The minimum absolute atomic E-state index is 0. The second-order valence-electron chi connectivity index (χ2n) is 7.72. The number of nitrogens with one attached hydrogen (secondary N) is 2. The number of amides is 1. The first kappa shape index (κ1) is 23.8. The van der Waals surface area contributed by atoms with Gasteiger partial charge in [-0.15, -0.1) is 24.0 Å². The average Bonchev–Trinajstić information content (AvgIpc) is 3.39. The molecule has 1 aliphatic heterocycles. The summed E-state index contributed by atoms with van der Waals surface area (Å²) in [5.74, 6) is 2.35. The summed E-state index contributed by atoms with van der Waals surface area (Å²) in [6.45, 7) is 5.11. The number of ether oxygens (including phenoxy) is 1. The third kappa shape index (κ3) is 7.04. The number of halogens is 1. The first-order valence-corrected chi connectivity index (χ1v) is 10.7. The van der Waals surface area contributed by atoms with Crippen LogP contribution in [0.25, 0.3) is 0 Å². The molecule has 1 amide bonds. The van der Waals surface area contributed by atoms with Crippen LogP contribution in [0.2, 0.25) is 0 Å². The maximum Gasteiger partial charge on any atom is 0.225 e. The van der Waals surface area contributed by atoms with Crippen LogP contribution in [0.4, 0.5) is 0 Å². The Labute approximate surface area is 191 Å². The number of carbonyl (C=O) groups excluding carboxylic acids is 1. The van der Waals surface area contributed by atoms with Gasteiger partial charge < -0.3 is 20.3 Å². The fourth-order valence-electron chi connectivity index (χ4n) is 4.18. The lowest BCUT2D eigenvalue weighted by atomic mass is 10.1. The van der Waals surface area contributed by atoms with E-state index in [1.54, 1.807) is 7.05 Å².